The number of hydrogen-bond donors (Lipinski definition) is 3. The zero-order valence-electron chi connectivity index (χ0n) is 15.9. The van der Waals surface area contributed by atoms with Crippen molar-refractivity contribution in [2.75, 3.05) is 14.2 Å². The third-order valence-electron chi connectivity index (χ3n) is 4.81. The Morgan fingerprint density at radius 1 is 1.23 bits per heavy atom. The number of carbonyl (C=O) groups excluding carboxylic acids is 2. The van der Waals surface area contributed by atoms with E-state index in [0.29, 0.717) is 0 Å². The van der Waals surface area contributed by atoms with Gasteiger partial charge in [-0.15, -0.1) is 0 Å². The molecule has 0 spiro atoms. The Hall–Kier alpha value is -3.34. The number of alkyl halides is 3. The molecular formula is C19H18F3N3O5. The van der Waals surface area contributed by atoms with E-state index in [9.17, 15) is 27.9 Å². The maximum Gasteiger partial charge on any atom is 0.437 e. The molecule has 2 aromatic rings. The van der Waals surface area contributed by atoms with E-state index < -0.39 is 35.7 Å². The molecule has 160 valence electrons. The lowest BCUT2D eigenvalue weighted by Crippen LogP contribution is -2.72. The van der Waals surface area contributed by atoms with Gasteiger partial charge >= 0.3 is 12.2 Å². The highest BCUT2D eigenvalue weighted by Gasteiger charge is 2.66. The number of rotatable bonds is 5. The van der Waals surface area contributed by atoms with Crippen LogP contribution in [0.4, 0.5) is 18.0 Å². The van der Waals surface area contributed by atoms with Gasteiger partial charge in [-0.2, -0.15) is 13.2 Å². The van der Waals surface area contributed by atoms with Crippen molar-refractivity contribution in [1.29, 1.82) is 0 Å². The number of methoxy groups -OCH3 is 2. The fourth-order valence-corrected chi connectivity index (χ4v) is 3.37. The molecule has 3 atom stereocenters. The molecule has 0 aliphatic carbocycles. The molecule has 2 amide bonds. The molecule has 30 heavy (non-hydrogen) atoms. The number of amides is 2. The molecule has 0 saturated carbocycles. The van der Waals surface area contributed by atoms with E-state index in [-0.39, 0.29) is 22.6 Å². The molecule has 1 aliphatic heterocycles. The van der Waals surface area contributed by atoms with Crippen molar-refractivity contribution in [3.63, 3.8) is 0 Å². The van der Waals surface area contributed by atoms with Crippen molar-refractivity contribution in [2.24, 2.45) is 5.92 Å². The Labute approximate surface area is 169 Å². The van der Waals surface area contributed by atoms with E-state index >= 15 is 0 Å². The summed E-state index contributed by atoms with van der Waals surface area (Å²) in [5.41, 5.74) is -3.99. The highest BCUT2D eigenvalue weighted by Crippen LogP contribution is 2.46. The number of Topliss-reactive ketones (excluding diaryl/α,β-unsaturated/α-hetero) is 1. The minimum atomic E-state index is -5.36. The summed E-state index contributed by atoms with van der Waals surface area (Å²) in [6.45, 7) is 0. The Balaban J connectivity index is 2.23. The highest BCUT2D eigenvalue weighted by molar-refractivity contribution is 6.00. The number of ketones is 1. The molecule has 1 aliphatic rings. The molecule has 1 aromatic heterocycles. The first kappa shape index (κ1) is 21.4. The van der Waals surface area contributed by atoms with Gasteiger partial charge in [-0.1, -0.05) is 0 Å². The number of nitrogens with zero attached hydrogens (tertiary/aromatic N) is 1. The van der Waals surface area contributed by atoms with Crippen molar-refractivity contribution in [2.45, 2.75) is 17.9 Å². The van der Waals surface area contributed by atoms with E-state index in [1.165, 1.54) is 56.1 Å². The molecular weight excluding hydrogens is 407 g/mol. The first-order valence-corrected chi connectivity index (χ1v) is 8.66. The second kappa shape index (κ2) is 7.82. The lowest BCUT2D eigenvalue weighted by molar-refractivity contribution is -0.287. The van der Waals surface area contributed by atoms with Gasteiger partial charge in [0, 0.05) is 23.5 Å². The van der Waals surface area contributed by atoms with Gasteiger partial charge in [0.25, 0.3) is 0 Å². The van der Waals surface area contributed by atoms with Crippen LogP contribution in [0.15, 0.2) is 42.7 Å². The molecule has 8 nitrogen and oxygen atoms in total. The van der Waals surface area contributed by atoms with Crippen LogP contribution in [0.1, 0.15) is 22.0 Å². The number of ether oxygens (including phenoxy) is 2. The number of benzene rings is 1. The maximum absolute atomic E-state index is 13.9. The van der Waals surface area contributed by atoms with E-state index in [0.717, 1.165) is 6.20 Å². The summed E-state index contributed by atoms with van der Waals surface area (Å²) < 4.78 is 52.1. The number of urea groups is 1. The van der Waals surface area contributed by atoms with Crippen LogP contribution in [-0.2, 0) is 0 Å². The SMILES string of the molecule is COc1ccc(OC)c([C@@H]2NC(=O)N[C@@](O)(C(F)(F)F)[C@@H]2C(=O)c2cccnc2)c1. The van der Waals surface area contributed by atoms with Gasteiger partial charge in [-0.3, -0.25) is 9.78 Å². The summed E-state index contributed by atoms with van der Waals surface area (Å²) in [5, 5.41) is 14.3. The summed E-state index contributed by atoms with van der Waals surface area (Å²) in [5.74, 6) is -2.93. The minimum Gasteiger partial charge on any atom is -0.497 e. The van der Waals surface area contributed by atoms with Crippen molar-refractivity contribution in [3.8, 4) is 11.5 Å². The van der Waals surface area contributed by atoms with Crippen LogP contribution in [0, 0.1) is 5.92 Å². The molecule has 1 aromatic carbocycles. The fraction of sp³-hybridized carbons (Fsp3) is 0.316. The third kappa shape index (κ3) is 3.63. The molecule has 0 unspecified atom stereocenters. The normalized spacial score (nSPS) is 23.9. The molecule has 2 heterocycles. The number of halogens is 3. The monoisotopic (exact) mass is 425 g/mol. The predicted octanol–water partition coefficient (Wildman–Crippen LogP) is 2.20. The minimum absolute atomic E-state index is 0.0246. The van der Waals surface area contributed by atoms with Gasteiger partial charge < -0.3 is 25.2 Å². The molecule has 1 saturated heterocycles. The molecule has 0 bridgehead atoms. The second-order valence-electron chi connectivity index (χ2n) is 6.53. The van der Waals surface area contributed by atoms with Crippen molar-refractivity contribution in [1.82, 2.24) is 15.6 Å². The van der Waals surface area contributed by atoms with Gasteiger partial charge in [0.05, 0.1) is 20.3 Å². The average Bonchev–Trinajstić information content (AvgIpc) is 2.72. The first-order valence-electron chi connectivity index (χ1n) is 8.66. The molecule has 3 rings (SSSR count). The van der Waals surface area contributed by atoms with Crippen LogP contribution in [0.2, 0.25) is 0 Å². The van der Waals surface area contributed by atoms with Crippen LogP contribution in [-0.4, -0.2) is 48.0 Å². The van der Waals surface area contributed by atoms with Crippen LogP contribution in [0.3, 0.4) is 0 Å². The lowest BCUT2D eigenvalue weighted by atomic mass is 9.77. The first-order chi connectivity index (χ1) is 14.1. The Morgan fingerprint density at radius 2 is 1.97 bits per heavy atom. The Bertz CT molecular complexity index is 954. The van der Waals surface area contributed by atoms with Gasteiger partial charge in [-0.25, -0.2) is 4.79 Å². The van der Waals surface area contributed by atoms with Crippen LogP contribution >= 0.6 is 0 Å². The number of nitrogens with one attached hydrogen (secondary N) is 2. The average molecular weight is 425 g/mol. The lowest BCUT2D eigenvalue weighted by Gasteiger charge is -2.45. The van der Waals surface area contributed by atoms with E-state index in [1.807, 2.05) is 0 Å². The largest absolute Gasteiger partial charge is 0.497 e. The fourth-order valence-electron chi connectivity index (χ4n) is 3.37. The number of hydrogen-bond acceptors (Lipinski definition) is 6. The summed E-state index contributed by atoms with van der Waals surface area (Å²) in [6, 6.07) is 3.98. The Morgan fingerprint density at radius 3 is 2.53 bits per heavy atom. The molecule has 3 N–H and O–H groups in total. The van der Waals surface area contributed by atoms with E-state index in [1.54, 1.807) is 0 Å². The summed E-state index contributed by atoms with van der Waals surface area (Å²) in [4.78, 5) is 29.0. The van der Waals surface area contributed by atoms with E-state index in [4.69, 9.17) is 9.47 Å². The van der Waals surface area contributed by atoms with Crippen molar-refractivity contribution >= 4 is 11.8 Å². The third-order valence-corrected chi connectivity index (χ3v) is 4.81. The van der Waals surface area contributed by atoms with Gasteiger partial charge in [-0.05, 0) is 30.3 Å². The number of carbonyl (C=O) groups is 2. The molecule has 1 fully saturated rings. The summed E-state index contributed by atoms with van der Waals surface area (Å²) >= 11 is 0. The van der Waals surface area contributed by atoms with Crippen LogP contribution in [0.25, 0.3) is 0 Å². The zero-order chi connectivity index (χ0) is 22.1. The number of aliphatic hydroxyl groups is 1. The van der Waals surface area contributed by atoms with E-state index in [2.05, 4.69) is 10.3 Å². The van der Waals surface area contributed by atoms with Gasteiger partial charge in [0.15, 0.2) is 5.78 Å². The second-order valence-corrected chi connectivity index (χ2v) is 6.53. The maximum atomic E-state index is 13.9. The van der Waals surface area contributed by atoms with Gasteiger partial charge in [0.2, 0.25) is 5.72 Å². The van der Waals surface area contributed by atoms with Crippen LogP contribution < -0.4 is 20.1 Å². The van der Waals surface area contributed by atoms with Gasteiger partial charge in [0.1, 0.15) is 17.4 Å². The highest BCUT2D eigenvalue weighted by atomic mass is 19.4. The number of aromatic nitrogens is 1. The summed E-state index contributed by atoms with van der Waals surface area (Å²) in [7, 11) is 2.62. The molecule has 11 heteroatoms. The molecule has 0 radical (unpaired) electrons. The van der Waals surface area contributed by atoms with Crippen LogP contribution in [0.5, 0.6) is 11.5 Å². The number of pyridine rings is 1. The zero-order valence-corrected chi connectivity index (χ0v) is 15.9. The standard InChI is InChI=1S/C19H18F3N3O5/c1-29-11-5-6-13(30-2)12(8-11)15-14(16(26)10-4-3-7-23-9-10)18(28,19(20,21)22)25-17(27)24-15/h3-9,14-15,28H,1-2H3,(H2,24,25,27)/t14-,15-,18-/m0/s1. The van der Waals surface area contributed by atoms with Crippen molar-refractivity contribution in [3.05, 3.63) is 53.9 Å². The topological polar surface area (TPSA) is 110 Å². The van der Waals surface area contributed by atoms with Crippen molar-refractivity contribution < 1.29 is 37.3 Å². The smallest absolute Gasteiger partial charge is 0.437 e. The Kier molecular flexibility index (Phi) is 5.57. The predicted molar refractivity (Wildman–Crippen MR) is 97.0 cm³/mol. The quantitative estimate of drug-likeness (QED) is 0.634. The summed E-state index contributed by atoms with van der Waals surface area (Å²) in [6.07, 6.45) is -2.94.